The molecule has 0 unspecified atom stereocenters. The van der Waals surface area contributed by atoms with Gasteiger partial charge >= 0.3 is 0 Å². The molecule has 0 fully saturated rings. The first-order valence-corrected chi connectivity index (χ1v) is 4.76. The molecule has 0 amide bonds. The van der Waals surface area contributed by atoms with E-state index in [1.165, 1.54) is 31.3 Å². The predicted octanol–water partition coefficient (Wildman–Crippen LogP) is 4.17. The van der Waals surface area contributed by atoms with Crippen LogP contribution in [0.3, 0.4) is 0 Å². The molecule has 11 heavy (non-hydrogen) atoms. The topological polar surface area (TPSA) is 0 Å². The first-order chi connectivity index (χ1) is 5.13. The SMILES string of the molecule is CC(C)=CCCCCC(C)C. The molecule has 0 heteroatoms. The van der Waals surface area contributed by atoms with Gasteiger partial charge in [-0.25, -0.2) is 0 Å². The van der Waals surface area contributed by atoms with Crippen LogP contribution in [-0.2, 0) is 0 Å². The molecule has 0 rings (SSSR count). The molecule has 0 aromatic rings. The van der Waals surface area contributed by atoms with Crippen molar-refractivity contribution in [3.8, 4) is 0 Å². The van der Waals surface area contributed by atoms with Gasteiger partial charge in [0.15, 0.2) is 0 Å². The van der Waals surface area contributed by atoms with Crippen molar-refractivity contribution in [3.05, 3.63) is 11.6 Å². The van der Waals surface area contributed by atoms with E-state index in [2.05, 4.69) is 33.8 Å². The van der Waals surface area contributed by atoms with Gasteiger partial charge in [0.25, 0.3) is 0 Å². The molecule has 0 aliphatic heterocycles. The summed E-state index contributed by atoms with van der Waals surface area (Å²) in [6, 6.07) is 0. The zero-order valence-electron chi connectivity index (χ0n) is 8.48. The van der Waals surface area contributed by atoms with Gasteiger partial charge in [-0.05, 0) is 32.6 Å². The molecular formula is C11H22. The van der Waals surface area contributed by atoms with E-state index in [0.29, 0.717) is 0 Å². The van der Waals surface area contributed by atoms with Crippen LogP contribution in [0.1, 0.15) is 53.4 Å². The summed E-state index contributed by atoms with van der Waals surface area (Å²) >= 11 is 0. The lowest BCUT2D eigenvalue weighted by Crippen LogP contribution is -1.85. The molecule has 0 saturated heterocycles. The van der Waals surface area contributed by atoms with Crippen LogP contribution in [0.25, 0.3) is 0 Å². The van der Waals surface area contributed by atoms with Crippen molar-refractivity contribution < 1.29 is 0 Å². The van der Waals surface area contributed by atoms with Gasteiger partial charge in [-0.2, -0.15) is 0 Å². The van der Waals surface area contributed by atoms with Crippen LogP contribution in [0, 0.1) is 5.92 Å². The van der Waals surface area contributed by atoms with E-state index in [9.17, 15) is 0 Å². The van der Waals surface area contributed by atoms with Crippen LogP contribution in [0.2, 0.25) is 0 Å². The molecule has 0 aliphatic rings. The number of allylic oxidation sites excluding steroid dienone is 2. The Labute approximate surface area is 71.7 Å². The van der Waals surface area contributed by atoms with Crippen LogP contribution >= 0.6 is 0 Å². The third kappa shape index (κ3) is 9.74. The zero-order valence-corrected chi connectivity index (χ0v) is 8.48. The first kappa shape index (κ1) is 10.7. The van der Waals surface area contributed by atoms with Crippen LogP contribution < -0.4 is 0 Å². The molecular weight excluding hydrogens is 132 g/mol. The smallest absolute Gasteiger partial charge is 0.0348 e. The molecule has 0 aromatic carbocycles. The highest BCUT2D eigenvalue weighted by Gasteiger charge is 1.92. The van der Waals surface area contributed by atoms with Gasteiger partial charge in [0, 0.05) is 0 Å². The molecule has 0 saturated carbocycles. The lowest BCUT2D eigenvalue weighted by atomic mass is 10.0. The van der Waals surface area contributed by atoms with Crippen molar-refractivity contribution in [2.24, 2.45) is 5.92 Å². The molecule has 0 aliphatic carbocycles. The Hall–Kier alpha value is -0.260. The van der Waals surface area contributed by atoms with Gasteiger partial charge in [0.2, 0.25) is 0 Å². The molecule has 0 nitrogen and oxygen atoms in total. The van der Waals surface area contributed by atoms with Crippen molar-refractivity contribution in [1.82, 2.24) is 0 Å². The predicted molar refractivity (Wildman–Crippen MR) is 52.7 cm³/mol. The Morgan fingerprint density at radius 1 is 1.18 bits per heavy atom. The Morgan fingerprint density at radius 2 is 1.82 bits per heavy atom. The van der Waals surface area contributed by atoms with Gasteiger partial charge in [-0.3, -0.25) is 0 Å². The summed E-state index contributed by atoms with van der Waals surface area (Å²) in [6.45, 7) is 8.92. The first-order valence-electron chi connectivity index (χ1n) is 4.76. The molecule has 0 bridgehead atoms. The Kier molecular flexibility index (Phi) is 6.30. The fourth-order valence-electron chi connectivity index (χ4n) is 1.09. The van der Waals surface area contributed by atoms with Crippen molar-refractivity contribution in [2.45, 2.75) is 53.4 Å². The Morgan fingerprint density at radius 3 is 2.27 bits per heavy atom. The van der Waals surface area contributed by atoms with E-state index in [0.717, 1.165) is 5.92 Å². The van der Waals surface area contributed by atoms with Crippen LogP contribution in [0.15, 0.2) is 11.6 Å². The third-order valence-electron chi connectivity index (χ3n) is 1.79. The van der Waals surface area contributed by atoms with E-state index in [1.54, 1.807) is 0 Å². The average molecular weight is 154 g/mol. The average Bonchev–Trinajstić information content (AvgIpc) is 1.85. The molecule has 0 heterocycles. The van der Waals surface area contributed by atoms with Crippen molar-refractivity contribution in [3.63, 3.8) is 0 Å². The minimum absolute atomic E-state index is 0.877. The van der Waals surface area contributed by atoms with E-state index < -0.39 is 0 Å². The number of unbranched alkanes of at least 4 members (excludes halogenated alkanes) is 2. The number of rotatable bonds is 5. The van der Waals surface area contributed by atoms with Crippen molar-refractivity contribution >= 4 is 0 Å². The van der Waals surface area contributed by atoms with Gasteiger partial charge < -0.3 is 0 Å². The standard InChI is InChI=1S/C11H22/c1-10(2)8-6-5-7-9-11(3)4/h8,11H,5-7,9H2,1-4H3. The fraction of sp³-hybridized carbons (Fsp3) is 0.818. The Bertz CT molecular complexity index is 105. The molecule has 66 valence electrons. The maximum atomic E-state index is 2.33. The second kappa shape index (κ2) is 6.45. The van der Waals surface area contributed by atoms with E-state index in [4.69, 9.17) is 0 Å². The van der Waals surface area contributed by atoms with E-state index in [-0.39, 0.29) is 0 Å². The normalized spacial score (nSPS) is 10.3. The maximum absolute atomic E-state index is 2.33. The lowest BCUT2D eigenvalue weighted by molar-refractivity contribution is 0.540. The minimum Gasteiger partial charge on any atom is -0.0859 e. The monoisotopic (exact) mass is 154 g/mol. The fourth-order valence-corrected chi connectivity index (χ4v) is 1.09. The highest BCUT2D eigenvalue weighted by atomic mass is 14.0. The minimum atomic E-state index is 0.877. The summed E-state index contributed by atoms with van der Waals surface area (Å²) in [5.74, 6) is 0.877. The van der Waals surface area contributed by atoms with Gasteiger partial charge in [0.05, 0.1) is 0 Å². The van der Waals surface area contributed by atoms with Crippen LogP contribution in [0.5, 0.6) is 0 Å². The van der Waals surface area contributed by atoms with Gasteiger partial charge in [-0.1, -0.05) is 38.3 Å². The summed E-state index contributed by atoms with van der Waals surface area (Å²) in [5, 5.41) is 0. The number of hydrogen-bond donors (Lipinski definition) is 0. The molecule has 0 radical (unpaired) electrons. The van der Waals surface area contributed by atoms with E-state index >= 15 is 0 Å². The molecule has 0 aromatic heterocycles. The Balaban J connectivity index is 3.09. The molecule has 0 N–H and O–H groups in total. The summed E-state index contributed by atoms with van der Waals surface area (Å²) in [6.07, 6.45) is 7.75. The number of hydrogen-bond acceptors (Lipinski definition) is 0. The third-order valence-corrected chi connectivity index (χ3v) is 1.79. The highest BCUT2D eigenvalue weighted by Crippen LogP contribution is 2.08. The van der Waals surface area contributed by atoms with Crippen LogP contribution in [0.4, 0.5) is 0 Å². The molecule has 0 spiro atoms. The lowest BCUT2D eigenvalue weighted by Gasteiger charge is -2.01. The summed E-state index contributed by atoms with van der Waals surface area (Å²) < 4.78 is 0. The van der Waals surface area contributed by atoms with Crippen molar-refractivity contribution in [1.29, 1.82) is 0 Å². The van der Waals surface area contributed by atoms with Gasteiger partial charge in [0.1, 0.15) is 0 Å². The maximum Gasteiger partial charge on any atom is -0.0348 e. The van der Waals surface area contributed by atoms with Crippen molar-refractivity contribution in [2.75, 3.05) is 0 Å². The highest BCUT2D eigenvalue weighted by molar-refractivity contribution is 4.92. The van der Waals surface area contributed by atoms with E-state index in [1.807, 2.05) is 0 Å². The second-order valence-electron chi connectivity index (χ2n) is 3.96. The second-order valence-corrected chi connectivity index (χ2v) is 3.96. The summed E-state index contributed by atoms with van der Waals surface area (Å²) in [5.41, 5.74) is 1.45. The van der Waals surface area contributed by atoms with Gasteiger partial charge in [-0.15, -0.1) is 0 Å². The molecule has 0 atom stereocenters. The zero-order chi connectivity index (χ0) is 8.69. The summed E-state index contributed by atoms with van der Waals surface area (Å²) in [7, 11) is 0. The van der Waals surface area contributed by atoms with Crippen LogP contribution in [-0.4, -0.2) is 0 Å². The quantitative estimate of drug-likeness (QED) is 0.412. The largest absolute Gasteiger partial charge is 0.0859 e. The summed E-state index contributed by atoms with van der Waals surface area (Å²) in [4.78, 5) is 0.